The molecule has 0 bridgehead atoms. The molecule has 0 unspecified atom stereocenters. The Morgan fingerprint density at radius 1 is 1.20 bits per heavy atom. The van der Waals surface area contributed by atoms with Crippen molar-refractivity contribution in [2.75, 3.05) is 11.9 Å². The van der Waals surface area contributed by atoms with Crippen molar-refractivity contribution in [2.45, 2.75) is 13.3 Å². The van der Waals surface area contributed by atoms with Crippen LogP contribution in [0.25, 0.3) is 11.3 Å². The molecule has 0 aliphatic carbocycles. The van der Waals surface area contributed by atoms with Gasteiger partial charge in [0.25, 0.3) is 0 Å². The molecule has 20 heavy (non-hydrogen) atoms. The molecular weight excluding hydrogens is 271 g/mol. The van der Waals surface area contributed by atoms with Gasteiger partial charge in [0.1, 0.15) is 11.6 Å². The predicted octanol–water partition coefficient (Wildman–Crippen LogP) is 3.47. The van der Waals surface area contributed by atoms with Gasteiger partial charge in [0.15, 0.2) is 0 Å². The van der Waals surface area contributed by atoms with Gasteiger partial charge in [-0.25, -0.2) is 4.98 Å². The molecule has 1 heterocycles. The Morgan fingerprint density at radius 2 is 1.95 bits per heavy atom. The first-order chi connectivity index (χ1) is 9.49. The van der Waals surface area contributed by atoms with Gasteiger partial charge in [-0.15, -0.1) is 13.2 Å². The molecule has 0 saturated heterocycles. The summed E-state index contributed by atoms with van der Waals surface area (Å²) in [5, 5.41) is 2.95. The number of nitrogens with one attached hydrogen (secondary N) is 1. The second kappa shape index (κ2) is 5.77. The van der Waals surface area contributed by atoms with Crippen LogP contribution in [0.3, 0.4) is 0 Å². The van der Waals surface area contributed by atoms with Crippen molar-refractivity contribution in [3.05, 3.63) is 36.7 Å². The fourth-order valence-electron chi connectivity index (χ4n) is 1.65. The van der Waals surface area contributed by atoms with Gasteiger partial charge in [0.2, 0.25) is 0 Å². The molecule has 0 aliphatic rings. The van der Waals surface area contributed by atoms with E-state index in [1.54, 1.807) is 6.07 Å². The van der Waals surface area contributed by atoms with E-state index in [1.165, 1.54) is 30.6 Å². The van der Waals surface area contributed by atoms with Crippen LogP contribution in [0.5, 0.6) is 5.75 Å². The Balaban J connectivity index is 2.39. The van der Waals surface area contributed by atoms with Gasteiger partial charge in [-0.3, -0.25) is 4.98 Å². The van der Waals surface area contributed by atoms with E-state index in [-0.39, 0.29) is 11.3 Å². The number of halogens is 3. The van der Waals surface area contributed by atoms with Crippen LogP contribution < -0.4 is 10.1 Å². The van der Waals surface area contributed by atoms with Gasteiger partial charge in [-0.1, -0.05) is 12.1 Å². The summed E-state index contributed by atoms with van der Waals surface area (Å²) >= 11 is 0. The highest BCUT2D eigenvalue weighted by Crippen LogP contribution is 2.32. The molecule has 0 aliphatic heterocycles. The number of benzene rings is 1. The minimum atomic E-state index is -4.75. The van der Waals surface area contributed by atoms with E-state index in [1.807, 2.05) is 6.92 Å². The maximum Gasteiger partial charge on any atom is 0.573 e. The van der Waals surface area contributed by atoms with Crippen molar-refractivity contribution in [1.29, 1.82) is 0 Å². The van der Waals surface area contributed by atoms with E-state index in [0.717, 1.165) is 0 Å². The highest BCUT2D eigenvalue weighted by Gasteiger charge is 2.32. The van der Waals surface area contributed by atoms with Crippen molar-refractivity contribution in [3.8, 4) is 17.0 Å². The molecule has 2 rings (SSSR count). The van der Waals surface area contributed by atoms with E-state index >= 15 is 0 Å². The summed E-state index contributed by atoms with van der Waals surface area (Å²) in [6, 6.07) is 5.82. The second-order valence-corrected chi connectivity index (χ2v) is 3.86. The average molecular weight is 283 g/mol. The summed E-state index contributed by atoms with van der Waals surface area (Å²) in [6.07, 6.45) is -1.86. The fraction of sp³-hybridized carbons (Fsp3) is 0.231. The number of anilines is 1. The van der Waals surface area contributed by atoms with Crippen molar-refractivity contribution in [2.24, 2.45) is 0 Å². The molecule has 0 saturated carbocycles. The van der Waals surface area contributed by atoms with Crippen LogP contribution in [-0.2, 0) is 0 Å². The second-order valence-electron chi connectivity index (χ2n) is 3.86. The van der Waals surface area contributed by atoms with Gasteiger partial charge in [0.05, 0.1) is 18.1 Å². The van der Waals surface area contributed by atoms with Gasteiger partial charge < -0.3 is 10.1 Å². The monoisotopic (exact) mass is 283 g/mol. The number of ether oxygens (including phenoxy) is 1. The van der Waals surface area contributed by atoms with Gasteiger partial charge in [-0.2, -0.15) is 0 Å². The lowest BCUT2D eigenvalue weighted by Gasteiger charge is -2.13. The minimum Gasteiger partial charge on any atom is -0.405 e. The highest BCUT2D eigenvalue weighted by molar-refractivity contribution is 5.67. The number of para-hydroxylation sites is 1. The first-order valence-electron chi connectivity index (χ1n) is 5.90. The molecule has 0 spiro atoms. The third kappa shape index (κ3) is 3.59. The lowest BCUT2D eigenvalue weighted by molar-refractivity contribution is -0.274. The zero-order valence-electron chi connectivity index (χ0n) is 10.6. The molecule has 1 aromatic carbocycles. The molecule has 7 heteroatoms. The number of hydrogen-bond donors (Lipinski definition) is 1. The largest absolute Gasteiger partial charge is 0.573 e. The smallest absolute Gasteiger partial charge is 0.405 e. The van der Waals surface area contributed by atoms with Crippen molar-refractivity contribution < 1.29 is 17.9 Å². The lowest BCUT2D eigenvalue weighted by atomic mass is 10.1. The van der Waals surface area contributed by atoms with Crippen LogP contribution in [0.15, 0.2) is 36.7 Å². The van der Waals surface area contributed by atoms with Crippen LogP contribution in [0.2, 0.25) is 0 Å². The number of alkyl halides is 3. The van der Waals surface area contributed by atoms with Crippen LogP contribution in [0, 0.1) is 0 Å². The first-order valence-corrected chi connectivity index (χ1v) is 5.90. The molecule has 0 radical (unpaired) electrons. The van der Waals surface area contributed by atoms with Crippen LogP contribution in [0.4, 0.5) is 19.0 Å². The van der Waals surface area contributed by atoms with Gasteiger partial charge in [-0.05, 0) is 19.1 Å². The fourth-order valence-corrected chi connectivity index (χ4v) is 1.65. The third-order valence-electron chi connectivity index (χ3n) is 2.38. The Labute approximate surface area is 113 Å². The first kappa shape index (κ1) is 14.1. The zero-order chi connectivity index (χ0) is 14.6. The molecule has 106 valence electrons. The summed E-state index contributed by atoms with van der Waals surface area (Å²) in [5.74, 6) is 0.190. The lowest BCUT2D eigenvalue weighted by Crippen LogP contribution is -2.17. The minimum absolute atomic E-state index is 0.233. The van der Waals surface area contributed by atoms with Crippen molar-refractivity contribution in [3.63, 3.8) is 0 Å². The van der Waals surface area contributed by atoms with Crippen LogP contribution in [-0.4, -0.2) is 22.9 Å². The molecule has 1 N–H and O–H groups in total. The highest BCUT2D eigenvalue weighted by atomic mass is 19.4. The third-order valence-corrected chi connectivity index (χ3v) is 2.38. The summed E-state index contributed by atoms with van der Waals surface area (Å²) in [7, 11) is 0. The molecule has 0 fully saturated rings. The maximum atomic E-state index is 12.4. The molecular formula is C13H12F3N3O. The standard InChI is InChI=1S/C13H12F3N3O/c1-2-18-12-8-17-7-10(19-12)9-5-3-4-6-11(9)20-13(14,15)16/h3-8H,2H2,1H3,(H,18,19). The molecule has 0 atom stereocenters. The average Bonchev–Trinajstić information content (AvgIpc) is 2.38. The van der Waals surface area contributed by atoms with Crippen LogP contribution >= 0.6 is 0 Å². The number of aromatic nitrogens is 2. The Kier molecular flexibility index (Phi) is 4.07. The molecule has 0 amide bonds. The Bertz CT molecular complexity index is 587. The van der Waals surface area contributed by atoms with E-state index in [2.05, 4.69) is 20.0 Å². The zero-order valence-corrected chi connectivity index (χ0v) is 10.6. The number of rotatable bonds is 4. The van der Waals surface area contributed by atoms with Gasteiger partial charge >= 0.3 is 6.36 Å². The predicted molar refractivity (Wildman–Crippen MR) is 68.3 cm³/mol. The molecule has 2 aromatic rings. The maximum absolute atomic E-state index is 12.4. The normalized spacial score (nSPS) is 11.2. The summed E-state index contributed by atoms with van der Waals surface area (Å²) in [6.45, 7) is 2.52. The summed E-state index contributed by atoms with van der Waals surface area (Å²) in [4.78, 5) is 8.16. The van der Waals surface area contributed by atoms with Crippen molar-refractivity contribution in [1.82, 2.24) is 9.97 Å². The van der Waals surface area contributed by atoms with E-state index in [9.17, 15) is 13.2 Å². The Morgan fingerprint density at radius 3 is 2.65 bits per heavy atom. The van der Waals surface area contributed by atoms with E-state index < -0.39 is 6.36 Å². The molecule has 1 aromatic heterocycles. The summed E-state index contributed by atoms with van der Waals surface area (Å²) in [5.41, 5.74) is 0.542. The number of nitrogens with zero attached hydrogens (tertiary/aromatic N) is 2. The topological polar surface area (TPSA) is 47.0 Å². The number of hydrogen-bond acceptors (Lipinski definition) is 4. The van der Waals surface area contributed by atoms with Crippen molar-refractivity contribution >= 4 is 5.82 Å². The van der Waals surface area contributed by atoms with Gasteiger partial charge in [0, 0.05) is 12.1 Å². The van der Waals surface area contributed by atoms with Crippen LogP contribution in [0.1, 0.15) is 6.92 Å². The summed E-state index contributed by atoms with van der Waals surface area (Å²) < 4.78 is 41.1. The molecule has 4 nitrogen and oxygen atoms in total. The van der Waals surface area contributed by atoms with E-state index in [4.69, 9.17) is 0 Å². The van der Waals surface area contributed by atoms with E-state index in [0.29, 0.717) is 18.1 Å². The quantitative estimate of drug-likeness (QED) is 0.933. The Hall–Kier alpha value is -2.31. The SMILES string of the molecule is CCNc1cncc(-c2ccccc2OC(F)(F)F)n1.